The molecule has 0 bridgehead atoms. The van der Waals surface area contributed by atoms with Gasteiger partial charge in [-0.15, -0.1) is 0 Å². The first kappa shape index (κ1) is 27.3. The van der Waals surface area contributed by atoms with E-state index in [0.717, 1.165) is 49.9 Å². The Hall–Kier alpha value is -3.75. The summed E-state index contributed by atoms with van der Waals surface area (Å²) in [6.45, 7) is 0. The van der Waals surface area contributed by atoms with Crippen LogP contribution in [-0.4, -0.2) is 17.0 Å². The minimum Gasteiger partial charge on any atom is -0.478 e. The van der Waals surface area contributed by atoms with Crippen molar-refractivity contribution in [2.75, 3.05) is 0 Å². The van der Waals surface area contributed by atoms with Crippen molar-refractivity contribution in [3.8, 4) is 0 Å². The quantitative estimate of drug-likeness (QED) is 0.312. The minimum atomic E-state index is -4.89. The van der Waals surface area contributed by atoms with Gasteiger partial charge in [-0.1, -0.05) is 49.2 Å². The zero-order chi connectivity index (χ0) is 27.5. The number of carbonyl (C=O) groups excluding carboxylic acids is 1. The van der Waals surface area contributed by atoms with Gasteiger partial charge in [0.2, 0.25) is 5.91 Å². The third kappa shape index (κ3) is 6.03. The van der Waals surface area contributed by atoms with Gasteiger partial charge in [-0.2, -0.15) is 13.2 Å². The molecule has 1 atom stereocenters. The second-order valence-corrected chi connectivity index (χ2v) is 9.70. The van der Waals surface area contributed by atoms with Gasteiger partial charge in [0.05, 0.1) is 16.7 Å². The first-order chi connectivity index (χ1) is 18.0. The highest BCUT2D eigenvalue weighted by Gasteiger charge is 2.40. The molecule has 0 saturated heterocycles. The number of hydrogen-bond donors (Lipinski definition) is 2. The molecule has 200 valence electrons. The number of halogens is 5. The lowest BCUT2D eigenvalue weighted by molar-refractivity contribution is -0.137. The number of carboxylic acid groups (broad SMARTS) is 1. The lowest BCUT2D eigenvalue weighted by Crippen LogP contribution is -2.49. The molecule has 3 aromatic carbocycles. The van der Waals surface area contributed by atoms with Crippen LogP contribution in [-0.2, 0) is 22.9 Å². The molecule has 0 spiro atoms. The van der Waals surface area contributed by atoms with Crippen LogP contribution in [0.5, 0.6) is 0 Å². The molecule has 3 aromatic rings. The maximum Gasteiger partial charge on any atom is 0.416 e. The van der Waals surface area contributed by atoms with Crippen molar-refractivity contribution in [3.63, 3.8) is 0 Å². The van der Waals surface area contributed by atoms with Crippen LogP contribution in [0.3, 0.4) is 0 Å². The zero-order valence-corrected chi connectivity index (χ0v) is 20.3. The van der Waals surface area contributed by atoms with Crippen LogP contribution in [0, 0.1) is 17.6 Å². The van der Waals surface area contributed by atoms with Crippen LogP contribution in [0.4, 0.5) is 22.0 Å². The molecule has 1 aliphatic carbocycles. The van der Waals surface area contributed by atoms with Crippen molar-refractivity contribution in [3.05, 3.63) is 106 Å². The van der Waals surface area contributed by atoms with Gasteiger partial charge in [-0.3, -0.25) is 4.79 Å². The Morgan fingerprint density at radius 1 is 0.868 bits per heavy atom. The molecule has 1 aliphatic rings. The van der Waals surface area contributed by atoms with Crippen molar-refractivity contribution in [1.29, 1.82) is 0 Å². The highest BCUT2D eigenvalue weighted by atomic mass is 19.4. The maximum absolute atomic E-state index is 15.0. The van der Waals surface area contributed by atoms with E-state index in [1.165, 1.54) is 6.07 Å². The molecule has 2 N–H and O–H groups in total. The summed E-state index contributed by atoms with van der Waals surface area (Å²) in [5.74, 6) is -4.23. The molecule has 38 heavy (non-hydrogen) atoms. The van der Waals surface area contributed by atoms with E-state index in [9.17, 15) is 36.6 Å². The number of aromatic carboxylic acids is 1. The molecular weight excluding hydrogens is 505 g/mol. The van der Waals surface area contributed by atoms with Gasteiger partial charge >= 0.3 is 12.1 Å². The average molecular weight is 532 g/mol. The molecule has 1 amide bonds. The van der Waals surface area contributed by atoms with Crippen LogP contribution >= 0.6 is 0 Å². The SMILES string of the molecule is O=C(CC1CCCC1)NC(Cc1ccccc1)(c1cc(F)cc(C(F)(F)F)c1)c1ccc(C(=O)O)c(F)c1. The van der Waals surface area contributed by atoms with E-state index in [1.807, 2.05) is 0 Å². The minimum absolute atomic E-state index is 0.0117. The molecule has 9 heteroatoms. The first-order valence-electron chi connectivity index (χ1n) is 12.2. The molecule has 0 heterocycles. The number of carbonyl (C=O) groups is 2. The van der Waals surface area contributed by atoms with E-state index in [1.54, 1.807) is 30.3 Å². The van der Waals surface area contributed by atoms with Gasteiger partial charge in [0.1, 0.15) is 11.6 Å². The summed E-state index contributed by atoms with van der Waals surface area (Å²) in [5.41, 5.74) is -3.42. The number of alkyl halides is 3. The highest BCUT2D eigenvalue weighted by Crippen LogP contribution is 2.39. The number of carboxylic acids is 1. The fourth-order valence-corrected chi connectivity index (χ4v) is 5.18. The van der Waals surface area contributed by atoms with E-state index in [0.29, 0.717) is 11.6 Å². The van der Waals surface area contributed by atoms with Crippen molar-refractivity contribution >= 4 is 11.9 Å². The van der Waals surface area contributed by atoms with Gasteiger partial charge in [0, 0.05) is 12.8 Å². The highest BCUT2D eigenvalue weighted by molar-refractivity contribution is 5.88. The van der Waals surface area contributed by atoms with E-state index < -0.39 is 46.4 Å². The van der Waals surface area contributed by atoms with Crippen molar-refractivity contribution < 1.29 is 36.6 Å². The van der Waals surface area contributed by atoms with Gasteiger partial charge in [-0.25, -0.2) is 13.6 Å². The average Bonchev–Trinajstić information content (AvgIpc) is 3.36. The molecule has 0 radical (unpaired) electrons. The summed E-state index contributed by atoms with van der Waals surface area (Å²) >= 11 is 0. The molecule has 4 rings (SSSR count). The number of nitrogens with one attached hydrogen (secondary N) is 1. The molecule has 1 saturated carbocycles. The van der Waals surface area contributed by atoms with E-state index in [2.05, 4.69) is 5.32 Å². The van der Waals surface area contributed by atoms with Crippen LogP contribution in [0.25, 0.3) is 0 Å². The second-order valence-electron chi connectivity index (χ2n) is 9.70. The molecule has 1 fully saturated rings. The van der Waals surface area contributed by atoms with Crippen molar-refractivity contribution in [2.24, 2.45) is 5.92 Å². The third-order valence-electron chi connectivity index (χ3n) is 7.02. The van der Waals surface area contributed by atoms with E-state index in [4.69, 9.17) is 0 Å². The summed E-state index contributed by atoms with van der Waals surface area (Å²) in [6.07, 6.45) is -1.33. The molecule has 0 aliphatic heterocycles. The normalized spacial score (nSPS) is 15.7. The van der Waals surface area contributed by atoms with Crippen LogP contribution in [0.2, 0.25) is 0 Å². The second kappa shape index (κ2) is 10.9. The lowest BCUT2D eigenvalue weighted by atomic mass is 9.76. The van der Waals surface area contributed by atoms with Crippen LogP contribution < -0.4 is 5.32 Å². The Morgan fingerprint density at radius 2 is 1.53 bits per heavy atom. The van der Waals surface area contributed by atoms with Gasteiger partial charge in [0.15, 0.2) is 0 Å². The van der Waals surface area contributed by atoms with Crippen molar-refractivity contribution in [1.82, 2.24) is 5.32 Å². The van der Waals surface area contributed by atoms with E-state index in [-0.39, 0.29) is 29.9 Å². The largest absolute Gasteiger partial charge is 0.478 e. The fourth-order valence-electron chi connectivity index (χ4n) is 5.18. The Bertz CT molecular complexity index is 1320. The molecule has 0 aromatic heterocycles. The van der Waals surface area contributed by atoms with Crippen molar-refractivity contribution in [2.45, 2.75) is 50.2 Å². The molecule has 4 nitrogen and oxygen atoms in total. The standard InChI is InChI=1S/C29H26F5NO3/c30-23-14-21(13-22(15-23)29(32,33)34)28(17-19-8-2-1-3-9-19,35-26(36)12-18-6-4-5-7-18)20-10-11-24(27(37)38)25(31)16-20/h1-3,8-11,13-16,18H,4-7,12,17H2,(H,35,36)(H,37,38). The Kier molecular flexibility index (Phi) is 7.85. The Labute approximate surface area is 216 Å². The number of amides is 1. The number of hydrogen-bond acceptors (Lipinski definition) is 2. The first-order valence-corrected chi connectivity index (χ1v) is 12.2. The maximum atomic E-state index is 15.0. The predicted molar refractivity (Wildman–Crippen MR) is 130 cm³/mol. The Balaban J connectivity index is 1.94. The summed E-state index contributed by atoms with van der Waals surface area (Å²) < 4.78 is 70.8. The topological polar surface area (TPSA) is 66.4 Å². The summed E-state index contributed by atoms with van der Waals surface area (Å²) in [6, 6.07) is 13.6. The summed E-state index contributed by atoms with van der Waals surface area (Å²) in [5, 5.41) is 12.1. The summed E-state index contributed by atoms with van der Waals surface area (Å²) in [4.78, 5) is 24.8. The zero-order valence-electron chi connectivity index (χ0n) is 20.3. The fraction of sp³-hybridized carbons (Fsp3) is 0.310. The number of rotatable bonds is 8. The summed E-state index contributed by atoms with van der Waals surface area (Å²) in [7, 11) is 0. The molecular formula is C29H26F5NO3. The van der Waals surface area contributed by atoms with Crippen LogP contribution in [0.15, 0.2) is 66.7 Å². The molecule has 1 unspecified atom stereocenters. The Morgan fingerprint density at radius 3 is 2.13 bits per heavy atom. The van der Waals surface area contributed by atoms with E-state index >= 15 is 0 Å². The lowest BCUT2D eigenvalue weighted by Gasteiger charge is -2.37. The van der Waals surface area contributed by atoms with Gasteiger partial charge < -0.3 is 10.4 Å². The van der Waals surface area contributed by atoms with Crippen LogP contribution in [0.1, 0.15) is 64.7 Å². The predicted octanol–water partition coefficient (Wildman–Crippen LogP) is 6.86. The smallest absolute Gasteiger partial charge is 0.416 e. The number of benzene rings is 3. The third-order valence-corrected chi connectivity index (χ3v) is 7.02. The monoisotopic (exact) mass is 531 g/mol. The van der Waals surface area contributed by atoms with Gasteiger partial charge in [0.25, 0.3) is 0 Å². The van der Waals surface area contributed by atoms with Gasteiger partial charge in [-0.05, 0) is 65.8 Å².